The van der Waals surface area contributed by atoms with E-state index in [1.807, 2.05) is 0 Å². The molecular weight excluding hydrogens is 236 g/mol. The zero-order valence-corrected chi connectivity index (χ0v) is 12.6. The predicted molar refractivity (Wildman–Crippen MR) is 76.9 cm³/mol. The lowest BCUT2D eigenvalue weighted by molar-refractivity contribution is -0.162. The third kappa shape index (κ3) is 2.58. The second kappa shape index (κ2) is 5.37. The van der Waals surface area contributed by atoms with Crippen molar-refractivity contribution in [1.29, 1.82) is 0 Å². The summed E-state index contributed by atoms with van der Waals surface area (Å²) in [6, 6.07) is 0. The average molecular weight is 266 g/mol. The summed E-state index contributed by atoms with van der Waals surface area (Å²) in [7, 11) is 0. The van der Waals surface area contributed by atoms with Crippen LogP contribution in [0.2, 0.25) is 0 Å². The molecule has 0 saturated heterocycles. The van der Waals surface area contributed by atoms with Crippen molar-refractivity contribution in [2.24, 2.45) is 23.2 Å². The number of rotatable bonds is 6. The first-order valence-electron chi connectivity index (χ1n) is 8.42. The SMILES string of the molecule is CCCCO[C@@H](C)[C@H](O)C12CC3CC(CC(C3)C1)C2. The molecule has 110 valence electrons. The van der Waals surface area contributed by atoms with Gasteiger partial charge < -0.3 is 9.84 Å². The lowest BCUT2D eigenvalue weighted by atomic mass is 9.48. The minimum absolute atomic E-state index is 0.0165. The van der Waals surface area contributed by atoms with Gasteiger partial charge in [-0.15, -0.1) is 0 Å². The second-order valence-electron chi connectivity index (χ2n) is 7.65. The average Bonchev–Trinajstić information content (AvgIpc) is 2.36. The van der Waals surface area contributed by atoms with Crippen molar-refractivity contribution in [3.8, 4) is 0 Å². The Morgan fingerprint density at radius 3 is 2.11 bits per heavy atom. The first-order valence-corrected chi connectivity index (χ1v) is 8.42. The van der Waals surface area contributed by atoms with Crippen LogP contribution in [0, 0.1) is 23.2 Å². The Labute approximate surface area is 117 Å². The molecule has 0 amide bonds. The van der Waals surface area contributed by atoms with Crippen LogP contribution >= 0.6 is 0 Å². The predicted octanol–water partition coefficient (Wildman–Crippen LogP) is 3.77. The summed E-state index contributed by atoms with van der Waals surface area (Å²) in [6.07, 6.45) is 10.2. The van der Waals surface area contributed by atoms with E-state index >= 15 is 0 Å². The fourth-order valence-corrected chi connectivity index (χ4v) is 5.54. The summed E-state index contributed by atoms with van der Waals surface area (Å²) in [4.78, 5) is 0. The molecule has 4 fully saturated rings. The largest absolute Gasteiger partial charge is 0.390 e. The van der Waals surface area contributed by atoms with Crippen molar-refractivity contribution >= 4 is 0 Å². The topological polar surface area (TPSA) is 29.5 Å². The summed E-state index contributed by atoms with van der Waals surface area (Å²) in [5.41, 5.74) is 0.209. The van der Waals surface area contributed by atoms with Crippen LogP contribution in [0.5, 0.6) is 0 Å². The fourth-order valence-electron chi connectivity index (χ4n) is 5.54. The third-order valence-electron chi connectivity index (χ3n) is 6.04. The Kier molecular flexibility index (Phi) is 3.92. The molecule has 0 aromatic carbocycles. The number of hydrogen-bond donors (Lipinski definition) is 1. The van der Waals surface area contributed by atoms with E-state index in [0.29, 0.717) is 0 Å². The van der Waals surface area contributed by atoms with E-state index in [1.54, 1.807) is 0 Å². The van der Waals surface area contributed by atoms with Gasteiger partial charge in [-0.2, -0.15) is 0 Å². The Balaban J connectivity index is 1.63. The Bertz CT molecular complexity index is 277. The lowest BCUT2D eigenvalue weighted by Crippen LogP contribution is -2.54. The molecule has 4 aliphatic rings. The van der Waals surface area contributed by atoms with Crippen LogP contribution in [0.1, 0.15) is 65.2 Å². The standard InChI is InChI=1S/C17H30O2/c1-3-4-5-19-12(2)16(18)17-9-13-6-14(10-17)8-15(7-13)11-17/h12-16,18H,3-11H2,1-2H3/t12-,13?,14?,15?,16-,17?/m0/s1. The van der Waals surface area contributed by atoms with E-state index in [9.17, 15) is 5.11 Å². The molecule has 4 rings (SSSR count). The number of aliphatic hydroxyl groups is 1. The monoisotopic (exact) mass is 266 g/mol. The Hall–Kier alpha value is -0.0800. The van der Waals surface area contributed by atoms with Crippen LogP contribution in [0.4, 0.5) is 0 Å². The minimum atomic E-state index is -0.238. The molecule has 2 nitrogen and oxygen atoms in total. The molecule has 0 spiro atoms. The van der Waals surface area contributed by atoms with Crippen molar-refractivity contribution < 1.29 is 9.84 Å². The van der Waals surface area contributed by atoms with Gasteiger partial charge in [0.25, 0.3) is 0 Å². The summed E-state index contributed by atoms with van der Waals surface area (Å²) >= 11 is 0. The van der Waals surface area contributed by atoms with Gasteiger partial charge in [0.05, 0.1) is 12.2 Å². The van der Waals surface area contributed by atoms with Crippen molar-refractivity contribution in [3.05, 3.63) is 0 Å². The molecule has 4 saturated carbocycles. The first kappa shape index (κ1) is 13.9. The normalized spacial score (nSPS) is 43.4. The molecule has 0 aliphatic heterocycles. The highest BCUT2D eigenvalue weighted by Gasteiger charge is 2.55. The first-order chi connectivity index (χ1) is 9.13. The van der Waals surface area contributed by atoms with Crippen LogP contribution in [0.25, 0.3) is 0 Å². The quantitative estimate of drug-likeness (QED) is 0.742. The number of unbranched alkanes of at least 4 members (excludes halogenated alkanes) is 1. The van der Waals surface area contributed by atoms with Gasteiger partial charge in [-0.1, -0.05) is 13.3 Å². The number of hydrogen-bond acceptors (Lipinski definition) is 2. The van der Waals surface area contributed by atoms with Gasteiger partial charge in [-0.3, -0.25) is 0 Å². The molecule has 0 unspecified atom stereocenters. The molecule has 19 heavy (non-hydrogen) atoms. The zero-order chi connectivity index (χ0) is 13.5. The molecule has 0 radical (unpaired) electrons. The van der Waals surface area contributed by atoms with E-state index in [4.69, 9.17) is 4.74 Å². The van der Waals surface area contributed by atoms with Crippen LogP contribution < -0.4 is 0 Å². The number of aliphatic hydroxyl groups excluding tert-OH is 1. The maximum atomic E-state index is 10.9. The van der Waals surface area contributed by atoms with Gasteiger partial charge in [0.1, 0.15) is 0 Å². The summed E-state index contributed by atoms with van der Waals surface area (Å²) in [5.74, 6) is 2.72. The summed E-state index contributed by atoms with van der Waals surface area (Å²) < 4.78 is 5.88. The van der Waals surface area contributed by atoms with Gasteiger partial charge in [-0.25, -0.2) is 0 Å². The minimum Gasteiger partial charge on any atom is -0.390 e. The van der Waals surface area contributed by atoms with E-state index in [2.05, 4.69) is 13.8 Å². The summed E-state index contributed by atoms with van der Waals surface area (Å²) in [6.45, 7) is 5.07. The highest BCUT2D eigenvalue weighted by atomic mass is 16.5. The van der Waals surface area contributed by atoms with Gasteiger partial charge in [0, 0.05) is 6.61 Å². The molecule has 4 aliphatic carbocycles. The lowest BCUT2D eigenvalue weighted by Gasteiger charge is -2.59. The van der Waals surface area contributed by atoms with E-state index in [0.717, 1.165) is 30.8 Å². The molecule has 2 heteroatoms. The highest BCUT2D eigenvalue weighted by molar-refractivity contribution is 5.05. The van der Waals surface area contributed by atoms with Crippen molar-refractivity contribution in [3.63, 3.8) is 0 Å². The maximum Gasteiger partial charge on any atom is 0.0855 e. The van der Waals surface area contributed by atoms with Crippen molar-refractivity contribution in [2.75, 3.05) is 6.61 Å². The molecule has 0 aromatic rings. The van der Waals surface area contributed by atoms with E-state index in [-0.39, 0.29) is 17.6 Å². The van der Waals surface area contributed by atoms with Gasteiger partial charge in [-0.05, 0) is 75.0 Å². The molecule has 4 bridgehead atoms. The van der Waals surface area contributed by atoms with Crippen LogP contribution in [0.3, 0.4) is 0 Å². The van der Waals surface area contributed by atoms with Gasteiger partial charge in [0.15, 0.2) is 0 Å². The molecule has 0 heterocycles. The van der Waals surface area contributed by atoms with Crippen LogP contribution in [0.15, 0.2) is 0 Å². The fraction of sp³-hybridized carbons (Fsp3) is 1.00. The zero-order valence-electron chi connectivity index (χ0n) is 12.6. The molecule has 1 N–H and O–H groups in total. The van der Waals surface area contributed by atoms with Crippen molar-refractivity contribution in [1.82, 2.24) is 0 Å². The second-order valence-corrected chi connectivity index (χ2v) is 7.65. The molecular formula is C17H30O2. The van der Waals surface area contributed by atoms with Crippen LogP contribution in [-0.4, -0.2) is 23.9 Å². The van der Waals surface area contributed by atoms with E-state index < -0.39 is 0 Å². The number of ether oxygens (including phenoxy) is 1. The summed E-state index contributed by atoms with van der Waals surface area (Å²) in [5, 5.41) is 10.9. The van der Waals surface area contributed by atoms with Gasteiger partial charge in [0.2, 0.25) is 0 Å². The van der Waals surface area contributed by atoms with E-state index in [1.165, 1.54) is 44.9 Å². The smallest absolute Gasteiger partial charge is 0.0855 e. The molecule has 0 aromatic heterocycles. The Morgan fingerprint density at radius 1 is 1.11 bits per heavy atom. The Morgan fingerprint density at radius 2 is 1.63 bits per heavy atom. The third-order valence-corrected chi connectivity index (χ3v) is 6.04. The van der Waals surface area contributed by atoms with Gasteiger partial charge >= 0.3 is 0 Å². The maximum absolute atomic E-state index is 10.9. The molecule has 2 atom stereocenters. The van der Waals surface area contributed by atoms with Crippen LogP contribution in [-0.2, 0) is 4.74 Å². The van der Waals surface area contributed by atoms with Crippen molar-refractivity contribution in [2.45, 2.75) is 77.4 Å². The highest BCUT2D eigenvalue weighted by Crippen LogP contribution is 2.61.